The molecule has 0 radical (unpaired) electrons. The van der Waals surface area contributed by atoms with Gasteiger partial charge in [0, 0.05) is 25.7 Å². The molecule has 4 atom stereocenters. The minimum atomic E-state index is 0.545. The molecule has 0 bridgehead atoms. The third kappa shape index (κ3) is 4.46. The first-order chi connectivity index (χ1) is 9.39. The Labute approximate surface area is 126 Å². The van der Waals surface area contributed by atoms with Crippen LogP contribution in [0.3, 0.4) is 0 Å². The monoisotopic (exact) mass is 280 g/mol. The van der Waals surface area contributed by atoms with Gasteiger partial charge in [-0.3, -0.25) is 0 Å². The summed E-state index contributed by atoms with van der Waals surface area (Å²) >= 11 is 0. The van der Waals surface area contributed by atoms with Gasteiger partial charge >= 0.3 is 0 Å². The highest BCUT2D eigenvalue weighted by Gasteiger charge is 2.36. The van der Waals surface area contributed by atoms with E-state index in [2.05, 4.69) is 44.8 Å². The number of nitrogens with one attached hydrogen (secondary N) is 1. The van der Waals surface area contributed by atoms with Crippen molar-refractivity contribution < 1.29 is 0 Å². The number of hydrogen-bond acceptors (Lipinski definition) is 2. The fourth-order valence-electron chi connectivity index (χ4n) is 4.73. The second kappa shape index (κ2) is 6.79. The average molecular weight is 280 g/mol. The summed E-state index contributed by atoms with van der Waals surface area (Å²) in [6, 6.07) is 0.751. The van der Waals surface area contributed by atoms with Crippen LogP contribution in [0.25, 0.3) is 0 Å². The largest absolute Gasteiger partial charge is 0.314 e. The Kier molecular flexibility index (Phi) is 5.53. The summed E-state index contributed by atoms with van der Waals surface area (Å²) in [5.74, 6) is 2.61. The third-order valence-electron chi connectivity index (χ3n) is 5.42. The first kappa shape index (κ1) is 16.3. The zero-order chi connectivity index (χ0) is 14.8. The molecule has 0 amide bonds. The maximum absolute atomic E-state index is 3.76. The Morgan fingerprint density at radius 2 is 1.80 bits per heavy atom. The highest BCUT2D eigenvalue weighted by molar-refractivity contribution is 4.91. The lowest BCUT2D eigenvalue weighted by atomic mass is 9.69. The summed E-state index contributed by atoms with van der Waals surface area (Å²) in [5.41, 5.74) is 0.545. The molecule has 2 nitrogen and oxygen atoms in total. The molecular formula is C18H36N2. The average Bonchev–Trinajstić information content (AvgIpc) is 2.31. The molecule has 0 aromatic heterocycles. The first-order valence-electron chi connectivity index (χ1n) is 8.85. The van der Waals surface area contributed by atoms with E-state index in [1.165, 1.54) is 45.3 Å². The maximum atomic E-state index is 3.76. The van der Waals surface area contributed by atoms with Crippen molar-refractivity contribution in [3.8, 4) is 0 Å². The molecule has 2 aliphatic rings. The molecule has 1 saturated carbocycles. The highest BCUT2D eigenvalue weighted by Crippen LogP contribution is 2.39. The first-order valence-corrected chi connectivity index (χ1v) is 8.85. The van der Waals surface area contributed by atoms with Crippen LogP contribution in [-0.2, 0) is 0 Å². The molecule has 2 rings (SSSR count). The molecule has 2 heteroatoms. The van der Waals surface area contributed by atoms with E-state index in [4.69, 9.17) is 0 Å². The van der Waals surface area contributed by atoms with Crippen molar-refractivity contribution in [1.29, 1.82) is 0 Å². The summed E-state index contributed by atoms with van der Waals surface area (Å²) in [6.45, 7) is 17.1. The number of hydrogen-bond donors (Lipinski definition) is 1. The van der Waals surface area contributed by atoms with E-state index in [9.17, 15) is 0 Å². The van der Waals surface area contributed by atoms with E-state index in [0.29, 0.717) is 5.41 Å². The van der Waals surface area contributed by atoms with Gasteiger partial charge in [0.2, 0.25) is 0 Å². The molecular weight excluding hydrogens is 244 g/mol. The summed E-state index contributed by atoms with van der Waals surface area (Å²) < 4.78 is 0. The fourth-order valence-corrected chi connectivity index (χ4v) is 4.73. The Hall–Kier alpha value is -0.0800. The van der Waals surface area contributed by atoms with Crippen LogP contribution in [-0.4, -0.2) is 37.1 Å². The fraction of sp³-hybridized carbons (Fsp3) is 1.00. The molecule has 20 heavy (non-hydrogen) atoms. The van der Waals surface area contributed by atoms with Crippen LogP contribution in [0.2, 0.25) is 0 Å². The Bertz CT molecular complexity index is 290. The normalized spacial score (nSPS) is 38.9. The van der Waals surface area contributed by atoms with Crippen LogP contribution in [0.4, 0.5) is 0 Å². The minimum absolute atomic E-state index is 0.545. The molecule has 1 aliphatic carbocycles. The molecule has 2 fully saturated rings. The number of nitrogens with zero attached hydrogens (tertiary/aromatic N) is 1. The molecule has 1 N–H and O–H groups in total. The molecule has 0 aromatic rings. The van der Waals surface area contributed by atoms with Gasteiger partial charge in [-0.15, -0.1) is 0 Å². The van der Waals surface area contributed by atoms with E-state index in [1.807, 2.05) is 0 Å². The van der Waals surface area contributed by atoms with Gasteiger partial charge in [-0.25, -0.2) is 0 Å². The Morgan fingerprint density at radius 3 is 2.40 bits per heavy atom. The Morgan fingerprint density at radius 1 is 1.15 bits per heavy atom. The van der Waals surface area contributed by atoms with Crippen molar-refractivity contribution in [3.63, 3.8) is 0 Å². The van der Waals surface area contributed by atoms with Crippen molar-refractivity contribution in [1.82, 2.24) is 10.2 Å². The van der Waals surface area contributed by atoms with Gasteiger partial charge in [0.05, 0.1) is 0 Å². The highest BCUT2D eigenvalue weighted by atomic mass is 15.1. The standard InChI is InChI=1S/C18H36N2/c1-6-19-17-7-8-18(4,5)10-16(17)13-20-11-14(2)9-15(3)12-20/h14-17,19H,6-13H2,1-5H3. The SMILES string of the molecule is CCNC1CCC(C)(C)CC1CN1CC(C)CC(C)C1. The molecule has 4 unspecified atom stereocenters. The summed E-state index contributed by atoms with van der Waals surface area (Å²) in [4.78, 5) is 2.76. The van der Waals surface area contributed by atoms with Crippen LogP contribution in [0, 0.1) is 23.2 Å². The van der Waals surface area contributed by atoms with Gasteiger partial charge in [-0.05, 0) is 55.4 Å². The van der Waals surface area contributed by atoms with Gasteiger partial charge in [0.15, 0.2) is 0 Å². The van der Waals surface area contributed by atoms with Gasteiger partial charge < -0.3 is 10.2 Å². The van der Waals surface area contributed by atoms with E-state index in [1.54, 1.807) is 0 Å². The van der Waals surface area contributed by atoms with Crippen LogP contribution in [0.15, 0.2) is 0 Å². The lowest BCUT2D eigenvalue weighted by Crippen LogP contribution is -2.50. The third-order valence-corrected chi connectivity index (χ3v) is 5.42. The van der Waals surface area contributed by atoms with Crippen molar-refractivity contribution in [2.24, 2.45) is 23.2 Å². The Balaban J connectivity index is 1.95. The lowest BCUT2D eigenvalue weighted by Gasteiger charge is -2.45. The summed E-state index contributed by atoms with van der Waals surface area (Å²) in [7, 11) is 0. The number of likely N-dealkylation sites (tertiary alicyclic amines) is 1. The molecule has 1 saturated heterocycles. The number of piperidine rings is 1. The van der Waals surface area contributed by atoms with E-state index in [-0.39, 0.29) is 0 Å². The van der Waals surface area contributed by atoms with Crippen LogP contribution < -0.4 is 5.32 Å². The predicted molar refractivity (Wildman–Crippen MR) is 88.0 cm³/mol. The van der Waals surface area contributed by atoms with Crippen LogP contribution in [0.1, 0.15) is 60.3 Å². The number of rotatable bonds is 4. The molecule has 0 aromatic carbocycles. The van der Waals surface area contributed by atoms with Crippen molar-refractivity contribution >= 4 is 0 Å². The molecule has 1 aliphatic heterocycles. The zero-order valence-corrected chi connectivity index (χ0v) is 14.4. The van der Waals surface area contributed by atoms with E-state index >= 15 is 0 Å². The molecule has 118 valence electrons. The quantitative estimate of drug-likeness (QED) is 0.843. The molecule has 0 spiro atoms. The van der Waals surface area contributed by atoms with Crippen molar-refractivity contribution in [2.75, 3.05) is 26.2 Å². The predicted octanol–water partition coefficient (Wildman–Crippen LogP) is 3.77. The second-order valence-electron chi connectivity index (χ2n) is 8.50. The second-order valence-corrected chi connectivity index (χ2v) is 8.50. The van der Waals surface area contributed by atoms with Gasteiger partial charge in [-0.1, -0.05) is 34.6 Å². The smallest absolute Gasteiger partial charge is 0.0108 e. The maximum Gasteiger partial charge on any atom is 0.0108 e. The van der Waals surface area contributed by atoms with Crippen LogP contribution >= 0.6 is 0 Å². The summed E-state index contributed by atoms with van der Waals surface area (Å²) in [6.07, 6.45) is 5.56. The topological polar surface area (TPSA) is 15.3 Å². The van der Waals surface area contributed by atoms with Crippen molar-refractivity contribution in [2.45, 2.75) is 66.3 Å². The molecule has 1 heterocycles. The van der Waals surface area contributed by atoms with Crippen LogP contribution in [0.5, 0.6) is 0 Å². The van der Waals surface area contributed by atoms with E-state index in [0.717, 1.165) is 30.3 Å². The van der Waals surface area contributed by atoms with Crippen molar-refractivity contribution in [3.05, 3.63) is 0 Å². The van der Waals surface area contributed by atoms with Gasteiger partial charge in [0.1, 0.15) is 0 Å². The van der Waals surface area contributed by atoms with E-state index < -0.39 is 0 Å². The minimum Gasteiger partial charge on any atom is -0.314 e. The summed E-state index contributed by atoms with van der Waals surface area (Å²) in [5, 5.41) is 3.76. The lowest BCUT2D eigenvalue weighted by molar-refractivity contribution is 0.0681. The zero-order valence-electron chi connectivity index (χ0n) is 14.4. The van der Waals surface area contributed by atoms with Gasteiger partial charge in [-0.2, -0.15) is 0 Å². The van der Waals surface area contributed by atoms with Gasteiger partial charge in [0.25, 0.3) is 0 Å².